The zero-order valence-electron chi connectivity index (χ0n) is 12.5. The molecule has 1 heterocycles. The zero-order chi connectivity index (χ0) is 15.7. The second-order valence-electron chi connectivity index (χ2n) is 5.70. The summed E-state index contributed by atoms with van der Waals surface area (Å²) in [5, 5.41) is 11.0. The normalized spacial score (nSPS) is 18.2. The van der Waals surface area contributed by atoms with Gasteiger partial charge in [0, 0.05) is 44.2 Å². The summed E-state index contributed by atoms with van der Waals surface area (Å²) < 4.78 is 5.31. The summed E-state index contributed by atoms with van der Waals surface area (Å²) in [6, 6.07) is 4.60. The zero-order valence-corrected chi connectivity index (χ0v) is 12.5. The number of hydrogen-bond donors (Lipinski definition) is 0. The Morgan fingerprint density at radius 1 is 1.27 bits per heavy atom. The molecule has 1 aromatic rings. The Hall–Kier alpha value is -2.31. The molecule has 1 saturated carbocycles. The Balaban J connectivity index is 1.73. The van der Waals surface area contributed by atoms with Gasteiger partial charge < -0.3 is 14.5 Å². The number of nitro groups is 1. The van der Waals surface area contributed by atoms with Gasteiger partial charge in [-0.25, -0.2) is 0 Å². The van der Waals surface area contributed by atoms with Gasteiger partial charge in [0.15, 0.2) is 0 Å². The topological polar surface area (TPSA) is 75.9 Å². The van der Waals surface area contributed by atoms with E-state index in [2.05, 4.69) is 0 Å². The van der Waals surface area contributed by atoms with Crippen LogP contribution in [0.15, 0.2) is 18.2 Å². The van der Waals surface area contributed by atoms with Crippen LogP contribution in [0.1, 0.15) is 12.8 Å². The molecule has 1 saturated heterocycles. The summed E-state index contributed by atoms with van der Waals surface area (Å²) in [5.74, 6) is 1.11. The third-order valence-electron chi connectivity index (χ3n) is 4.23. The van der Waals surface area contributed by atoms with E-state index in [1.807, 2.05) is 9.80 Å². The molecule has 7 heteroatoms. The van der Waals surface area contributed by atoms with E-state index in [1.165, 1.54) is 12.1 Å². The number of carbonyl (C=O) groups is 1. The third-order valence-corrected chi connectivity index (χ3v) is 4.23. The standard InChI is InChI=1S/C15H19N3O4/c1-22-14-5-4-12(18(20)21)10-13(14)16-6-8-17(9-7-16)15(19)11-2-3-11/h4-5,10-11H,2-3,6-9H2,1H3. The molecule has 0 bridgehead atoms. The maximum Gasteiger partial charge on any atom is 0.271 e. The maximum absolute atomic E-state index is 12.1. The molecule has 1 aliphatic heterocycles. The molecule has 1 aliphatic carbocycles. The van der Waals surface area contributed by atoms with Gasteiger partial charge in [0.1, 0.15) is 5.75 Å². The van der Waals surface area contributed by atoms with E-state index in [1.54, 1.807) is 13.2 Å². The molecular weight excluding hydrogens is 286 g/mol. The predicted octanol–water partition coefficient (Wildman–Crippen LogP) is 1.66. The Morgan fingerprint density at radius 3 is 2.50 bits per heavy atom. The Morgan fingerprint density at radius 2 is 1.95 bits per heavy atom. The van der Waals surface area contributed by atoms with Gasteiger partial charge in [-0.15, -0.1) is 0 Å². The molecule has 0 unspecified atom stereocenters. The van der Waals surface area contributed by atoms with Crippen molar-refractivity contribution in [1.82, 2.24) is 4.90 Å². The van der Waals surface area contributed by atoms with Crippen LogP contribution in [-0.2, 0) is 4.79 Å². The quantitative estimate of drug-likeness (QED) is 0.624. The largest absolute Gasteiger partial charge is 0.495 e. The second kappa shape index (κ2) is 5.82. The lowest BCUT2D eigenvalue weighted by molar-refractivity contribution is -0.384. The summed E-state index contributed by atoms with van der Waals surface area (Å²) in [6.07, 6.45) is 2.02. The molecule has 0 spiro atoms. The van der Waals surface area contributed by atoms with Crippen molar-refractivity contribution >= 4 is 17.3 Å². The fourth-order valence-corrected chi connectivity index (χ4v) is 2.80. The first-order valence-corrected chi connectivity index (χ1v) is 7.46. The van der Waals surface area contributed by atoms with Gasteiger partial charge in [0.05, 0.1) is 17.7 Å². The van der Waals surface area contributed by atoms with E-state index in [4.69, 9.17) is 4.74 Å². The van der Waals surface area contributed by atoms with Crippen LogP contribution in [0.3, 0.4) is 0 Å². The van der Waals surface area contributed by atoms with E-state index >= 15 is 0 Å². The fourth-order valence-electron chi connectivity index (χ4n) is 2.80. The molecule has 1 amide bonds. The van der Waals surface area contributed by atoms with Crippen LogP contribution in [0.5, 0.6) is 5.75 Å². The number of rotatable bonds is 4. The number of ether oxygens (including phenoxy) is 1. The minimum absolute atomic E-state index is 0.0484. The van der Waals surface area contributed by atoms with E-state index in [0.29, 0.717) is 31.9 Å². The molecule has 1 aromatic carbocycles. The number of hydrogen-bond acceptors (Lipinski definition) is 5. The highest BCUT2D eigenvalue weighted by Gasteiger charge is 2.35. The van der Waals surface area contributed by atoms with Gasteiger partial charge in [-0.1, -0.05) is 0 Å². The van der Waals surface area contributed by atoms with E-state index in [-0.39, 0.29) is 17.5 Å². The Kier molecular flexibility index (Phi) is 3.87. The predicted molar refractivity (Wildman–Crippen MR) is 81.2 cm³/mol. The van der Waals surface area contributed by atoms with Crippen LogP contribution in [0.25, 0.3) is 0 Å². The first-order chi connectivity index (χ1) is 10.6. The van der Waals surface area contributed by atoms with Crippen LogP contribution in [-0.4, -0.2) is 49.0 Å². The van der Waals surface area contributed by atoms with Crippen LogP contribution >= 0.6 is 0 Å². The van der Waals surface area contributed by atoms with Crippen molar-refractivity contribution in [3.8, 4) is 5.75 Å². The fraction of sp³-hybridized carbons (Fsp3) is 0.533. The minimum atomic E-state index is -0.407. The van der Waals surface area contributed by atoms with Crippen LogP contribution in [0, 0.1) is 16.0 Å². The van der Waals surface area contributed by atoms with Crippen molar-refractivity contribution in [3.63, 3.8) is 0 Å². The molecular formula is C15H19N3O4. The van der Waals surface area contributed by atoms with E-state index < -0.39 is 4.92 Å². The molecule has 7 nitrogen and oxygen atoms in total. The summed E-state index contributed by atoms with van der Waals surface area (Å²) in [6.45, 7) is 2.63. The highest BCUT2D eigenvalue weighted by molar-refractivity contribution is 5.81. The smallest absolute Gasteiger partial charge is 0.271 e. The van der Waals surface area contributed by atoms with Crippen molar-refractivity contribution in [2.24, 2.45) is 5.92 Å². The van der Waals surface area contributed by atoms with Gasteiger partial charge in [0.25, 0.3) is 5.69 Å². The number of piperazine rings is 1. The lowest BCUT2D eigenvalue weighted by atomic mass is 10.2. The van der Waals surface area contributed by atoms with Crippen molar-refractivity contribution in [3.05, 3.63) is 28.3 Å². The number of nitrogens with zero attached hydrogens (tertiary/aromatic N) is 3. The molecule has 3 rings (SSSR count). The van der Waals surface area contributed by atoms with Crippen LogP contribution in [0.2, 0.25) is 0 Å². The van der Waals surface area contributed by atoms with Crippen molar-refractivity contribution in [2.45, 2.75) is 12.8 Å². The number of nitro benzene ring substituents is 1. The number of carbonyl (C=O) groups excluding carboxylic acids is 1. The highest BCUT2D eigenvalue weighted by Crippen LogP contribution is 2.34. The van der Waals surface area contributed by atoms with Crippen molar-refractivity contribution < 1.29 is 14.5 Å². The van der Waals surface area contributed by atoms with Crippen LogP contribution in [0.4, 0.5) is 11.4 Å². The molecule has 2 aliphatic rings. The molecule has 0 radical (unpaired) electrons. The SMILES string of the molecule is COc1ccc([N+](=O)[O-])cc1N1CCN(C(=O)C2CC2)CC1. The first-order valence-electron chi connectivity index (χ1n) is 7.46. The Bertz CT molecular complexity index is 592. The van der Waals surface area contributed by atoms with Crippen LogP contribution < -0.4 is 9.64 Å². The molecule has 2 fully saturated rings. The molecule has 0 aromatic heterocycles. The lowest BCUT2D eigenvalue weighted by Gasteiger charge is -2.36. The number of benzene rings is 1. The average Bonchev–Trinajstić information content (AvgIpc) is 3.38. The van der Waals surface area contributed by atoms with Gasteiger partial charge in [-0.05, 0) is 18.9 Å². The summed E-state index contributed by atoms with van der Waals surface area (Å²) >= 11 is 0. The Labute approximate surface area is 128 Å². The summed E-state index contributed by atoms with van der Waals surface area (Å²) in [5.41, 5.74) is 0.766. The number of amides is 1. The van der Waals surface area contributed by atoms with Gasteiger partial charge >= 0.3 is 0 Å². The van der Waals surface area contributed by atoms with Gasteiger partial charge in [0.2, 0.25) is 5.91 Å². The van der Waals surface area contributed by atoms with Crippen molar-refractivity contribution in [1.29, 1.82) is 0 Å². The number of anilines is 1. The van der Waals surface area contributed by atoms with E-state index in [9.17, 15) is 14.9 Å². The maximum atomic E-state index is 12.1. The summed E-state index contributed by atoms with van der Waals surface area (Å²) in [4.78, 5) is 26.6. The average molecular weight is 305 g/mol. The molecule has 118 valence electrons. The van der Waals surface area contributed by atoms with Crippen molar-refractivity contribution in [2.75, 3.05) is 38.2 Å². The lowest BCUT2D eigenvalue weighted by Crippen LogP contribution is -2.49. The first kappa shape index (κ1) is 14.6. The minimum Gasteiger partial charge on any atom is -0.495 e. The second-order valence-corrected chi connectivity index (χ2v) is 5.70. The van der Waals surface area contributed by atoms with Gasteiger partial charge in [-0.3, -0.25) is 14.9 Å². The number of non-ortho nitro benzene ring substituents is 1. The molecule has 0 N–H and O–H groups in total. The summed E-state index contributed by atoms with van der Waals surface area (Å²) in [7, 11) is 1.55. The monoisotopic (exact) mass is 305 g/mol. The molecule has 0 atom stereocenters. The van der Waals surface area contributed by atoms with E-state index in [0.717, 1.165) is 18.5 Å². The third kappa shape index (κ3) is 2.84. The molecule has 22 heavy (non-hydrogen) atoms. The van der Waals surface area contributed by atoms with Gasteiger partial charge in [-0.2, -0.15) is 0 Å². The number of methoxy groups -OCH3 is 1. The highest BCUT2D eigenvalue weighted by atomic mass is 16.6.